The highest BCUT2D eigenvalue weighted by Crippen LogP contribution is 2.34. The summed E-state index contributed by atoms with van der Waals surface area (Å²) in [5.41, 5.74) is 1.84. The van der Waals surface area contributed by atoms with Crippen LogP contribution in [0.25, 0.3) is 6.08 Å². The van der Waals surface area contributed by atoms with Crippen molar-refractivity contribution in [2.75, 3.05) is 40.7 Å². The van der Waals surface area contributed by atoms with E-state index in [0.29, 0.717) is 22.7 Å². The lowest BCUT2D eigenvalue weighted by Gasteiger charge is -2.17. The largest absolute Gasteiger partial charge is 0.493 e. The summed E-state index contributed by atoms with van der Waals surface area (Å²) in [7, 11) is 7.74. The molecular weight excluding hydrogens is 386 g/mol. The Morgan fingerprint density at radius 2 is 1.57 bits per heavy atom. The van der Waals surface area contributed by atoms with Crippen molar-refractivity contribution < 1.29 is 23.9 Å². The first-order chi connectivity index (χ1) is 14.3. The zero-order valence-corrected chi connectivity index (χ0v) is 17.6. The van der Waals surface area contributed by atoms with E-state index in [4.69, 9.17) is 9.47 Å². The standard InChI is InChI=1S/C22H25N3O5/c1-23-21(27)15-9-6-14(7-10-15)8-11-20(26)24-17-13-19(30-5)18(29-4)12-16(17)22(28)25(2)3/h6-13H,1-5H3,(H,23,27)(H,24,26)/b11-8+. The van der Waals surface area contributed by atoms with Gasteiger partial charge < -0.3 is 25.0 Å². The molecule has 0 fully saturated rings. The fourth-order valence-electron chi connectivity index (χ4n) is 2.64. The maximum Gasteiger partial charge on any atom is 0.255 e. The molecule has 0 atom stereocenters. The molecule has 2 aromatic carbocycles. The minimum absolute atomic E-state index is 0.185. The van der Waals surface area contributed by atoms with E-state index in [1.165, 1.54) is 31.3 Å². The first kappa shape index (κ1) is 22.5. The molecule has 0 saturated heterocycles. The molecule has 0 bridgehead atoms. The maximum absolute atomic E-state index is 12.5. The van der Waals surface area contributed by atoms with Gasteiger partial charge >= 0.3 is 0 Å². The van der Waals surface area contributed by atoms with Crippen molar-refractivity contribution >= 4 is 29.5 Å². The van der Waals surface area contributed by atoms with Gasteiger partial charge in [-0.05, 0) is 29.8 Å². The molecule has 30 heavy (non-hydrogen) atoms. The number of benzene rings is 2. The number of ether oxygens (including phenoxy) is 2. The average molecular weight is 411 g/mol. The van der Waals surface area contributed by atoms with Crippen LogP contribution in [0.15, 0.2) is 42.5 Å². The van der Waals surface area contributed by atoms with Crippen LogP contribution in [-0.2, 0) is 4.79 Å². The molecule has 0 aromatic heterocycles. The van der Waals surface area contributed by atoms with Crippen molar-refractivity contribution in [1.29, 1.82) is 0 Å². The quantitative estimate of drug-likeness (QED) is 0.682. The van der Waals surface area contributed by atoms with Crippen molar-refractivity contribution in [3.63, 3.8) is 0 Å². The molecule has 0 aliphatic heterocycles. The molecule has 0 aliphatic rings. The van der Waals surface area contributed by atoms with Gasteiger partial charge in [-0.15, -0.1) is 0 Å². The van der Waals surface area contributed by atoms with Crippen molar-refractivity contribution in [3.8, 4) is 11.5 Å². The summed E-state index contributed by atoms with van der Waals surface area (Å²) in [5.74, 6) is -0.135. The van der Waals surface area contributed by atoms with Gasteiger partial charge in [0.2, 0.25) is 5.91 Å². The lowest BCUT2D eigenvalue weighted by molar-refractivity contribution is -0.111. The number of rotatable bonds is 7. The molecule has 3 amide bonds. The fourth-order valence-corrected chi connectivity index (χ4v) is 2.64. The predicted molar refractivity (Wildman–Crippen MR) is 115 cm³/mol. The Hall–Kier alpha value is -3.81. The third kappa shape index (κ3) is 5.38. The molecule has 0 unspecified atom stereocenters. The highest BCUT2D eigenvalue weighted by Gasteiger charge is 2.19. The number of amides is 3. The third-order valence-corrected chi connectivity index (χ3v) is 4.25. The van der Waals surface area contributed by atoms with Crippen LogP contribution in [0.4, 0.5) is 5.69 Å². The zero-order valence-electron chi connectivity index (χ0n) is 17.6. The Balaban J connectivity index is 2.25. The van der Waals surface area contributed by atoms with Gasteiger partial charge in [-0.3, -0.25) is 14.4 Å². The topological polar surface area (TPSA) is 97.0 Å². The van der Waals surface area contributed by atoms with Crippen molar-refractivity contribution in [2.45, 2.75) is 0 Å². The second-order valence-corrected chi connectivity index (χ2v) is 6.48. The minimum atomic E-state index is -0.426. The lowest BCUT2D eigenvalue weighted by atomic mass is 10.1. The van der Waals surface area contributed by atoms with E-state index in [0.717, 1.165) is 5.56 Å². The molecule has 0 radical (unpaired) electrons. The van der Waals surface area contributed by atoms with Gasteiger partial charge in [0.15, 0.2) is 11.5 Å². The molecule has 2 N–H and O–H groups in total. The number of nitrogens with zero attached hydrogens (tertiary/aromatic N) is 1. The van der Waals surface area contributed by atoms with Crippen LogP contribution in [0, 0.1) is 0 Å². The monoisotopic (exact) mass is 411 g/mol. The summed E-state index contributed by atoms with van der Waals surface area (Å²) in [5, 5.41) is 5.26. The Morgan fingerprint density at radius 3 is 2.10 bits per heavy atom. The SMILES string of the molecule is CNC(=O)c1ccc(/C=C/C(=O)Nc2cc(OC)c(OC)cc2C(=O)N(C)C)cc1. The number of carbonyl (C=O) groups is 3. The van der Waals surface area contributed by atoms with E-state index in [-0.39, 0.29) is 17.4 Å². The number of nitrogens with one attached hydrogen (secondary N) is 2. The highest BCUT2D eigenvalue weighted by molar-refractivity contribution is 6.08. The smallest absolute Gasteiger partial charge is 0.255 e. The molecule has 0 spiro atoms. The van der Waals surface area contributed by atoms with Crippen LogP contribution >= 0.6 is 0 Å². The van der Waals surface area contributed by atoms with Crippen LogP contribution in [-0.4, -0.2) is 58.0 Å². The molecule has 8 heteroatoms. The second kappa shape index (κ2) is 10.1. The minimum Gasteiger partial charge on any atom is -0.493 e. The van der Waals surface area contributed by atoms with Crippen molar-refractivity contribution in [3.05, 3.63) is 59.2 Å². The summed E-state index contributed by atoms with van der Waals surface area (Å²) in [6.45, 7) is 0. The molecule has 0 saturated carbocycles. The Kier molecular flexibility index (Phi) is 7.57. The van der Waals surface area contributed by atoms with Crippen LogP contribution in [0.1, 0.15) is 26.3 Å². The first-order valence-electron chi connectivity index (χ1n) is 9.09. The predicted octanol–water partition coefficient (Wildman–Crippen LogP) is 2.42. The number of hydrogen-bond acceptors (Lipinski definition) is 5. The van der Waals surface area contributed by atoms with E-state index in [1.807, 2.05) is 0 Å². The summed E-state index contributed by atoms with van der Waals surface area (Å²) in [6, 6.07) is 9.85. The van der Waals surface area contributed by atoms with E-state index >= 15 is 0 Å². The molecule has 2 rings (SSSR count). The molecule has 158 valence electrons. The normalized spacial score (nSPS) is 10.4. The number of anilines is 1. The summed E-state index contributed by atoms with van der Waals surface area (Å²) >= 11 is 0. The van der Waals surface area contributed by atoms with Gasteiger partial charge in [-0.1, -0.05) is 12.1 Å². The maximum atomic E-state index is 12.5. The van der Waals surface area contributed by atoms with E-state index < -0.39 is 5.91 Å². The van der Waals surface area contributed by atoms with Crippen LogP contribution in [0.5, 0.6) is 11.5 Å². The van der Waals surface area contributed by atoms with Gasteiger partial charge in [-0.25, -0.2) is 0 Å². The van der Waals surface area contributed by atoms with Crippen LogP contribution in [0.3, 0.4) is 0 Å². The average Bonchev–Trinajstić information content (AvgIpc) is 2.76. The summed E-state index contributed by atoms with van der Waals surface area (Å²) in [4.78, 5) is 38.0. The van der Waals surface area contributed by atoms with Gasteiger partial charge in [0.05, 0.1) is 25.5 Å². The summed E-state index contributed by atoms with van der Waals surface area (Å²) in [6.07, 6.45) is 2.95. The van der Waals surface area contributed by atoms with E-state index in [2.05, 4.69) is 10.6 Å². The molecule has 8 nitrogen and oxygen atoms in total. The Bertz CT molecular complexity index is 965. The fraction of sp³-hybridized carbons (Fsp3) is 0.227. The molecule has 0 heterocycles. The third-order valence-electron chi connectivity index (χ3n) is 4.25. The Morgan fingerprint density at radius 1 is 0.967 bits per heavy atom. The van der Waals surface area contributed by atoms with Crippen molar-refractivity contribution in [1.82, 2.24) is 10.2 Å². The van der Waals surface area contributed by atoms with E-state index in [9.17, 15) is 14.4 Å². The molecule has 2 aromatic rings. The molecular formula is C22H25N3O5. The van der Waals surface area contributed by atoms with E-state index in [1.54, 1.807) is 57.6 Å². The second-order valence-electron chi connectivity index (χ2n) is 6.48. The lowest BCUT2D eigenvalue weighted by Crippen LogP contribution is -2.24. The number of hydrogen-bond donors (Lipinski definition) is 2. The summed E-state index contributed by atoms with van der Waals surface area (Å²) < 4.78 is 10.5. The number of carbonyl (C=O) groups excluding carboxylic acids is 3. The number of methoxy groups -OCH3 is 2. The highest BCUT2D eigenvalue weighted by atomic mass is 16.5. The molecule has 0 aliphatic carbocycles. The van der Waals surface area contributed by atoms with Crippen molar-refractivity contribution in [2.24, 2.45) is 0 Å². The Labute approximate surface area is 175 Å². The van der Waals surface area contributed by atoms with Gasteiger partial charge in [-0.2, -0.15) is 0 Å². The van der Waals surface area contributed by atoms with Crippen LogP contribution in [0.2, 0.25) is 0 Å². The zero-order chi connectivity index (χ0) is 22.3. The van der Waals surface area contributed by atoms with Gasteiger partial charge in [0.1, 0.15) is 0 Å². The van der Waals surface area contributed by atoms with Gasteiger partial charge in [0, 0.05) is 38.8 Å². The first-order valence-corrected chi connectivity index (χ1v) is 9.09. The van der Waals surface area contributed by atoms with Crippen LogP contribution < -0.4 is 20.1 Å². The van der Waals surface area contributed by atoms with Gasteiger partial charge in [0.25, 0.3) is 11.8 Å².